The van der Waals surface area contributed by atoms with Gasteiger partial charge in [-0.3, -0.25) is 0 Å². The molecule has 0 bridgehead atoms. The van der Waals surface area contributed by atoms with Crippen LogP contribution in [0.2, 0.25) is 0 Å². The molecule has 2 N–H and O–H groups in total. The fraction of sp³-hybridized carbons (Fsp3) is 1.00. The molecule has 3 rings (SSSR count). The van der Waals surface area contributed by atoms with Crippen LogP contribution in [0.5, 0.6) is 0 Å². The summed E-state index contributed by atoms with van der Waals surface area (Å²) in [5, 5.41) is 3.68. The molecule has 0 amide bonds. The molecule has 19 heavy (non-hydrogen) atoms. The van der Waals surface area contributed by atoms with Gasteiger partial charge in [-0.25, -0.2) is 0 Å². The van der Waals surface area contributed by atoms with E-state index in [4.69, 9.17) is 0 Å². The van der Waals surface area contributed by atoms with E-state index >= 15 is 0 Å². The summed E-state index contributed by atoms with van der Waals surface area (Å²) in [5.41, 5.74) is 0. The monoisotopic (exact) mass is 380 g/mol. The number of nitrogens with one attached hydrogen (secondary N) is 2. The molecule has 4 heteroatoms. The molecule has 1 saturated heterocycles. The maximum atomic E-state index is 12.7. The molecule has 0 spiro atoms. The first-order chi connectivity index (χ1) is 9.26. The standard InChI is InChI=1S/C15H29IN2O/c19-16(17-12-13-7-3-1-4-8-13)11-15(16)18-14-9-5-2-6-10-14/h13-15,18H,1-12H2,(H,17,19). The van der Waals surface area contributed by atoms with Crippen molar-refractivity contribution in [3.05, 3.63) is 0 Å². The normalized spacial score (nSPS) is 40.7. The second-order valence-corrected chi connectivity index (χ2v) is 13.6. The second-order valence-electron chi connectivity index (χ2n) is 6.64. The first-order valence-corrected chi connectivity index (χ1v) is 12.9. The van der Waals surface area contributed by atoms with Crippen molar-refractivity contribution >= 4 is 18.7 Å². The van der Waals surface area contributed by atoms with Crippen molar-refractivity contribution < 1.29 is 3.07 Å². The molecule has 3 fully saturated rings. The Labute approximate surface area is 121 Å². The fourth-order valence-corrected chi connectivity index (χ4v) is 10.2. The van der Waals surface area contributed by atoms with Crippen LogP contribution in [0.3, 0.4) is 0 Å². The van der Waals surface area contributed by atoms with Crippen LogP contribution < -0.4 is 8.85 Å². The molecule has 2 saturated carbocycles. The second kappa shape index (κ2) is 6.48. The van der Waals surface area contributed by atoms with Crippen LogP contribution in [0.4, 0.5) is 0 Å². The van der Waals surface area contributed by atoms with Crippen LogP contribution in [-0.2, 0) is 3.07 Å². The molecular formula is C15H29IN2O. The molecule has 0 aromatic carbocycles. The molecule has 2 unspecified atom stereocenters. The molecule has 2 atom stereocenters. The van der Waals surface area contributed by atoms with Gasteiger partial charge in [-0.1, -0.05) is 0 Å². The molecule has 0 aromatic rings. The first-order valence-electron chi connectivity index (χ1n) is 8.21. The van der Waals surface area contributed by atoms with E-state index in [0.717, 1.165) is 16.9 Å². The van der Waals surface area contributed by atoms with Crippen molar-refractivity contribution in [2.24, 2.45) is 5.92 Å². The van der Waals surface area contributed by atoms with Crippen LogP contribution in [0, 0.1) is 5.92 Å². The molecule has 0 radical (unpaired) electrons. The minimum atomic E-state index is -2.75. The van der Waals surface area contributed by atoms with E-state index in [9.17, 15) is 3.07 Å². The van der Waals surface area contributed by atoms with Gasteiger partial charge in [0, 0.05) is 0 Å². The van der Waals surface area contributed by atoms with Crippen molar-refractivity contribution in [1.82, 2.24) is 8.85 Å². The summed E-state index contributed by atoms with van der Waals surface area (Å²) in [6.07, 6.45) is 13.6. The fourth-order valence-electron chi connectivity index (χ4n) is 3.62. The van der Waals surface area contributed by atoms with Crippen LogP contribution in [-0.4, -0.2) is 21.1 Å². The van der Waals surface area contributed by atoms with Crippen LogP contribution in [0.25, 0.3) is 0 Å². The van der Waals surface area contributed by atoms with Gasteiger partial charge in [-0.2, -0.15) is 0 Å². The summed E-state index contributed by atoms with van der Waals surface area (Å²) in [4.78, 5) is 0. The zero-order valence-electron chi connectivity index (χ0n) is 12.0. The van der Waals surface area contributed by atoms with E-state index in [1.807, 2.05) is 0 Å². The third-order valence-electron chi connectivity index (χ3n) is 5.03. The minimum absolute atomic E-state index is 0.374. The Morgan fingerprint density at radius 3 is 2.21 bits per heavy atom. The molecule has 0 aromatic heterocycles. The summed E-state index contributed by atoms with van der Waals surface area (Å²) in [5.74, 6) is 0.805. The van der Waals surface area contributed by atoms with Crippen molar-refractivity contribution in [3.63, 3.8) is 0 Å². The number of halogens is 1. The van der Waals surface area contributed by atoms with Gasteiger partial charge in [-0.15, -0.1) is 0 Å². The van der Waals surface area contributed by atoms with E-state index in [1.165, 1.54) is 64.2 Å². The van der Waals surface area contributed by atoms with E-state index in [1.54, 1.807) is 0 Å². The Kier molecular flexibility index (Phi) is 4.91. The molecule has 1 aliphatic heterocycles. The zero-order chi connectivity index (χ0) is 13.1. The van der Waals surface area contributed by atoms with Gasteiger partial charge in [0.05, 0.1) is 0 Å². The van der Waals surface area contributed by atoms with Crippen LogP contribution in [0.1, 0.15) is 64.2 Å². The van der Waals surface area contributed by atoms with Gasteiger partial charge in [-0.05, 0) is 0 Å². The molecule has 3 nitrogen and oxygen atoms in total. The van der Waals surface area contributed by atoms with Crippen molar-refractivity contribution in [1.29, 1.82) is 0 Å². The summed E-state index contributed by atoms with van der Waals surface area (Å²) in [7, 11) is 0. The third-order valence-corrected chi connectivity index (χ3v) is 11.0. The Bertz CT molecular complexity index is 335. The molecule has 2 aliphatic carbocycles. The molecule has 3 aliphatic rings. The number of hydrogen-bond donors (Lipinski definition) is 2. The predicted octanol–water partition coefficient (Wildman–Crippen LogP) is 3.72. The summed E-state index contributed by atoms with van der Waals surface area (Å²) >= 11 is -2.75. The van der Waals surface area contributed by atoms with E-state index in [2.05, 4.69) is 8.85 Å². The summed E-state index contributed by atoms with van der Waals surface area (Å²) < 4.78 is 17.5. The quantitative estimate of drug-likeness (QED) is 0.331. The average Bonchev–Trinajstić information content (AvgIpc) is 3.10. The van der Waals surface area contributed by atoms with Crippen LogP contribution >= 0.6 is 18.7 Å². The summed E-state index contributed by atoms with van der Waals surface area (Å²) in [6.45, 7) is 1.03. The van der Waals surface area contributed by atoms with Gasteiger partial charge in [0.1, 0.15) is 0 Å². The number of hydrogen-bond acceptors (Lipinski definition) is 2. The SMILES string of the molecule is O=I1(NCC2CCCCC2)CC1NC1CCCCC1. The first kappa shape index (κ1) is 14.4. The van der Waals surface area contributed by atoms with Crippen LogP contribution in [0.15, 0.2) is 0 Å². The van der Waals surface area contributed by atoms with E-state index in [-0.39, 0.29) is 0 Å². The predicted molar refractivity (Wildman–Crippen MR) is 87.9 cm³/mol. The topological polar surface area (TPSA) is 41.1 Å². The average molecular weight is 380 g/mol. The van der Waals surface area contributed by atoms with Crippen molar-refractivity contribution in [2.45, 2.75) is 74.3 Å². The van der Waals surface area contributed by atoms with Gasteiger partial charge >= 0.3 is 122 Å². The van der Waals surface area contributed by atoms with E-state index < -0.39 is 18.7 Å². The molecular weight excluding hydrogens is 351 g/mol. The Morgan fingerprint density at radius 2 is 1.53 bits per heavy atom. The van der Waals surface area contributed by atoms with Gasteiger partial charge in [0.2, 0.25) is 0 Å². The molecule has 1 heterocycles. The zero-order valence-corrected chi connectivity index (χ0v) is 14.2. The summed E-state index contributed by atoms with van der Waals surface area (Å²) in [6, 6.07) is 0.662. The Hall–Kier alpha value is 0.450. The van der Waals surface area contributed by atoms with Crippen molar-refractivity contribution in [3.8, 4) is 0 Å². The van der Waals surface area contributed by atoms with Gasteiger partial charge in [0.15, 0.2) is 0 Å². The Balaban J connectivity index is 1.38. The van der Waals surface area contributed by atoms with Gasteiger partial charge in [0.25, 0.3) is 0 Å². The number of alkyl halides is 2. The van der Waals surface area contributed by atoms with E-state index in [0.29, 0.717) is 10.1 Å². The number of rotatable bonds is 5. The third kappa shape index (κ3) is 3.97. The van der Waals surface area contributed by atoms with Gasteiger partial charge < -0.3 is 0 Å². The Morgan fingerprint density at radius 1 is 0.895 bits per heavy atom. The molecule has 112 valence electrons. The maximum absolute atomic E-state index is 12.7. The van der Waals surface area contributed by atoms with Crippen molar-refractivity contribution in [2.75, 3.05) is 11.0 Å².